The van der Waals surface area contributed by atoms with Gasteiger partial charge in [-0.15, -0.1) is 0 Å². The molecule has 0 aliphatic carbocycles. The van der Waals surface area contributed by atoms with Crippen molar-refractivity contribution >= 4 is 11.6 Å². The number of hydrogen-bond acceptors (Lipinski definition) is 2. The van der Waals surface area contributed by atoms with E-state index in [0.717, 1.165) is 11.0 Å². The van der Waals surface area contributed by atoms with E-state index >= 15 is 0 Å². The van der Waals surface area contributed by atoms with Crippen LogP contribution in [0.15, 0.2) is 18.2 Å². The quantitative estimate of drug-likeness (QED) is 0.807. The molecule has 0 aromatic heterocycles. The van der Waals surface area contributed by atoms with Gasteiger partial charge in [-0.2, -0.15) is 13.2 Å². The van der Waals surface area contributed by atoms with Gasteiger partial charge in [0.2, 0.25) is 5.91 Å². The highest BCUT2D eigenvalue weighted by atomic mass is 19.4. The van der Waals surface area contributed by atoms with E-state index in [4.69, 9.17) is 0 Å². The van der Waals surface area contributed by atoms with Crippen molar-refractivity contribution in [2.24, 2.45) is 5.41 Å². The van der Waals surface area contributed by atoms with Crippen molar-refractivity contribution in [2.75, 3.05) is 24.5 Å². The second-order valence-electron chi connectivity index (χ2n) is 5.49. The molecular weight excluding hydrogens is 288 g/mol. The predicted molar refractivity (Wildman–Crippen MR) is 68.4 cm³/mol. The lowest BCUT2D eigenvalue weighted by Crippen LogP contribution is -2.53. The number of hydrogen-bond donors (Lipinski definition) is 1. The molecule has 21 heavy (non-hydrogen) atoms. The van der Waals surface area contributed by atoms with E-state index in [1.165, 1.54) is 12.1 Å². The molecule has 3 nitrogen and oxygen atoms in total. The zero-order chi connectivity index (χ0) is 15.3. The van der Waals surface area contributed by atoms with Crippen molar-refractivity contribution in [1.82, 2.24) is 5.32 Å². The maximum Gasteiger partial charge on any atom is 0.404 e. The van der Waals surface area contributed by atoms with Crippen molar-refractivity contribution < 1.29 is 22.4 Å². The third kappa shape index (κ3) is 2.10. The van der Waals surface area contributed by atoms with Crippen molar-refractivity contribution in [3.05, 3.63) is 29.6 Å². The van der Waals surface area contributed by atoms with Crippen molar-refractivity contribution in [3.8, 4) is 0 Å². The minimum Gasteiger partial charge on any atom is -0.315 e. The van der Waals surface area contributed by atoms with Gasteiger partial charge in [0.05, 0.1) is 0 Å². The summed E-state index contributed by atoms with van der Waals surface area (Å²) in [5, 5.41) is 2.62. The molecular formula is C14H14F4N2O. The second-order valence-corrected chi connectivity index (χ2v) is 5.49. The topological polar surface area (TPSA) is 32.3 Å². The van der Waals surface area contributed by atoms with E-state index in [2.05, 4.69) is 5.32 Å². The summed E-state index contributed by atoms with van der Waals surface area (Å²) in [6.45, 7) is -0.110. The second kappa shape index (κ2) is 4.69. The molecule has 1 aromatic rings. The third-order valence-corrected chi connectivity index (χ3v) is 4.30. The van der Waals surface area contributed by atoms with Crippen LogP contribution in [-0.2, 0) is 11.2 Å². The molecule has 1 N–H and O–H groups in total. The van der Waals surface area contributed by atoms with Crippen LogP contribution in [0, 0.1) is 11.2 Å². The maximum absolute atomic E-state index is 13.4. The fourth-order valence-electron chi connectivity index (χ4n) is 3.06. The average molecular weight is 302 g/mol. The molecule has 1 saturated heterocycles. The maximum atomic E-state index is 13.4. The van der Waals surface area contributed by atoms with Crippen LogP contribution in [0.5, 0.6) is 0 Å². The van der Waals surface area contributed by atoms with Crippen LogP contribution in [-0.4, -0.2) is 31.7 Å². The van der Waals surface area contributed by atoms with Crippen LogP contribution >= 0.6 is 0 Å². The predicted octanol–water partition coefficient (Wildman–Crippen LogP) is 2.26. The Morgan fingerprint density at radius 2 is 2.10 bits per heavy atom. The Morgan fingerprint density at radius 1 is 1.33 bits per heavy atom. The zero-order valence-electron chi connectivity index (χ0n) is 11.1. The van der Waals surface area contributed by atoms with Gasteiger partial charge < -0.3 is 10.2 Å². The summed E-state index contributed by atoms with van der Waals surface area (Å²) >= 11 is 0. The molecule has 3 rings (SSSR count). The normalized spacial score (nSPS) is 25.2. The number of amides is 1. The lowest BCUT2D eigenvalue weighted by Gasteiger charge is -2.33. The molecule has 1 unspecified atom stereocenters. The van der Waals surface area contributed by atoms with Gasteiger partial charge >= 0.3 is 6.18 Å². The van der Waals surface area contributed by atoms with Crippen LogP contribution in [0.4, 0.5) is 23.2 Å². The lowest BCUT2D eigenvalue weighted by atomic mass is 9.84. The number of fused-ring (bicyclic) bond motifs is 1. The average Bonchev–Trinajstić information content (AvgIpc) is 3.04. The number of carbonyl (C=O) groups excluding carboxylic acids is 1. The number of nitrogens with one attached hydrogen (secondary N) is 1. The number of nitrogens with zero attached hydrogens (tertiary/aromatic N) is 1. The van der Waals surface area contributed by atoms with Crippen molar-refractivity contribution in [3.63, 3.8) is 0 Å². The number of alkyl halides is 3. The Labute approximate surface area is 118 Å². The standard InChI is InChI=1S/C14H14F4N2O/c15-10-2-1-9-3-6-20(11(9)7-10)12(21)13(14(16,17)18)4-5-19-8-13/h1-2,7,19H,3-6,8H2. The van der Waals surface area contributed by atoms with Gasteiger partial charge in [-0.05, 0) is 37.1 Å². The van der Waals surface area contributed by atoms with E-state index < -0.39 is 29.9 Å². The summed E-state index contributed by atoms with van der Waals surface area (Å²) in [5.41, 5.74) is -1.44. The highest BCUT2D eigenvalue weighted by Gasteiger charge is 2.62. The summed E-state index contributed by atoms with van der Waals surface area (Å²) in [6.07, 6.45) is -4.46. The van der Waals surface area contributed by atoms with Crippen molar-refractivity contribution in [1.29, 1.82) is 0 Å². The molecule has 1 atom stereocenters. The van der Waals surface area contributed by atoms with Crippen molar-refractivity contribution in [2.45, 2.75) is 19.0 Å². The van der Waals surface area contributed by atoms with E-state index in [1.807, 2.05) is 0 Å². The molecule has 0 bridgehead atoms. The fourth-order valence-corrected chi connectivity index (χ4v) is 3.06. The molecule has 2 heterocycles. The summed E-state index contributed by atoms with van der Waals surface area (Å²) in [7, 11) is 0. The Morgan fingerprint density at radius 3 is 2.71 bits per heavy atom. The minimum absolute atomic E-state index is 0.148. The van der Waals surface area contributed by atoms with Crippen LogP contribution < -0.4 is 10.2 Å². The molecule has 0 saturated carbocycles. The number of rotatable bonds is 1. The highest BCUT2D eigenvalue weighted by molar-refractivity contribution is 6.00. The van der Waals surface area contributed by atoms with E-state index in [0.29, 0.717) is 12.0 Å². The Bertz CT molecular complexity index is 579. The first-order valence-corrected chi connectivity index (χ1v) is 6.73. The van der Waals surface area contributed by atoms with Crippen LogP contribution in [0.1, 0.15) is 12.0 Å². The molecule has 2 aliphatic heterocycles. The van der Waals surface area contributed by atoms with Crippen LogP contribution in [0.25, 0.3) is 0 Å². The summed E-state index contributed by atoms with van der Waals surface area (Å²) < 4.78 is 53.6. The molecule has 2 aliphatic rings. The van der Waals surface area contributed by atoms with Gasteiger partial charge in [0.25, 0.3) is 0 Å². The first kappa shape index (κ1) is 14.3. The lowest BCUT2D eigenvalue weighted by molar-refractivity contribution is -0.214. The molecule has 1 aromatic carbocycles. The molecule has 0 spiro atoms. The molecule has 114 valence electrons. The fraction of sp³-hybridized carbons (Fsp3) is 0.500. The minimum atomic E-state index is -4.62. The van der Waals surface area contributed by atoms with Gasteiger partial charge in [-0.1, -0.05) is 6.07 Å². The Hall–Kier alpha value is -1.63. The molecule has 1 fully saturated rings. The number of anilines is 1. The van der Waals surface area contributed by atoms with Gasteiger partial charge in [-0.3, -0.25) is 4.79 Å². The number of halogens is 4. The number of carbonyl (C=O) groups is 1. The SMILES string of the molecule is O=C(N1CCc2ccc(F)cc21)C1(C(F)(F)F)CCNC1. The molecule has 1 amide bonds. The van der Waals surface area contributed by atoms with Crippen LogP contribution in [0.2, 0.25) is 0 Å². The van der Waals surface area contributed by atoms with Gasteiger partial charge in [-0.25, -0.2) is 4.39 Å². The van der Waals surface area contributed by atoms with Gasteiger partial charge in [0, 0.05) is 18.8 Å². The zero-order valence-corrected chi connectivity index (χ0v) is 11.1. The number of benzene rings is 1. The molecule has 7 heteroatoms. The highest BCUT2D eigenvalue weighted by Crippen LogP contribution is 2.46. The monoisotopic (exact) mass is 302 g/mol. The van der Waals surface area contributed by atoms with E-state index in [-0.39, 0.29) is 25.2 Å². The summed E-state index contributed by atoms with van der Waals surface area (Å²) in [5.74, 6) is -1.54. The first-order chi connectivity index (χ1) is 9.85. The summed E-state index contributed by atoms with van der Waals surface area (Å²) in [6, 6.07) is 3.90. The van der Waals surface area contributed by atoms with Gasteiger partial charge in [0.1, 0.15) is 5.82 Å². The first-order valence-electron chi connectivity index (χ1n) is 6.73. The van der Waals surface area contributed by atoms with Crippen LogP contribution in [0.3, 0.4) is 0 Å². The molecule has 0 radical (unpaired) electrons. The Kier molecular flexibility index (Phi) is 3.20. The smallest absolute Gasteiger partial charge is 0.315 e. The van der Waals surface area contributed by atoms with E-state index in [1.54, 1.807) is 0 Å². The van der Waals surface area contributed by atoms with E-state index in [9.17, 15) is 22.4 Å². The largest absolute Gasteiger partial charge is 0.404 e. The summed E-state index contributed by atoms with van der Waals surface area (Å²) in [4.78, 5) is 13.6. The third-order valence-electron chi connectivity index (χ3n) is 4.30. The Balaban J connectivity index is 1.99. The van der Waals surface area contributed by atoms with Gasteiger partial charge in [0.15, 0.2) is 5.41 Å².